The van der Waals surface area contributed by atoms with Gasteiger partial charge in [-0.3, -0.25) is 4.79 Å². The lowest BCUT2D eigenvalue weighted by molar-refractivity contribution is 0.105. The van der Waals surface area contributed by atoms with Crippen LogP contribution in [0.3, 0.4) is 0 Å². The SMILES string of the molecule is Cc1cnc(C(=O)Cl)o1. The maximum atomic E-state index is 10.3. The van der Waals surface area contributed by atoms with Gasteiger partial charge in [0.1, 0.15) is 5.76 Å². The van der Waals surface area contributed by atoms with Gasteiger partial charge in [0.15, 0.2) is 0 Å². The van der Waals surface area contributed by atoms with Gasteiger partial charge in [0.25, 0.3) is 5.89 Å². The van der Waals surface area contributed by atoms with E-state index in [1.54, 1.807) is 6.92 Å². The molecule has 1 rings (SSSR count). The summed E-state index contributed by atoms with van der Waals surface area (Å²) in [5, 5.41) is -0.664. The maximum Gasteiger partial charge on any atom is 0.307 e. The minimum absolute atomic E-state index is 0.0471. The quantitative estimate of drug-likeness (QED) is 0.561. The minimum atomic E-state index is -0.664. The zero-order chi connectivity index (χ0) is 6.85. The molecule has 3 nitrogen and oxygen atoms in total. The van der Waals surface area contributed by atoms with Crippen molar-refractivity contribution in [3.63, 3.8) is 0 Å². The van der Waals surface area contributed by atoms with Crippen LogP contribution in [-0.2, 0) is 0 Å². The van der Waals surface area contributed by atoms with Gasteiger partial charge in [0.05, 0.1) is 6.20 Å². The zero-order valence-electron chi connectivity index (χ0n) is 4.72. The second kappa shape index (κ2) is 2.19. The second-order valence-electron chi connectivity index (χ2n) is 1.55. The first-order valence-corrected chi connectivity index (χ1v) is 2.70. The van der Waals surface area contributed by atoms with Crippen molar-refractivity contribution in [1.29, 1.82) is 0 Å². The molecule has 0 atom stereocenters. The number of aromatic nitrogens is 1. The molecule has 0 aliphatic carbocycles. The van der Waals surface area contributed by atoms with Crippen LogP contribution in [0.5, 0.6) is 0 Å². The van der Waals surface area contributed by atoms with Gasteiger partial charge in [0, 0.05) is 0 Å². The number of rotatable bonds is 1. The predicted molar refractivity (Wildman–Crippen MR) is 31.4 cm³/mol. The molecule has 1 aromatic rings. The molecule has 0 aliphatic heterocycles. The number of hydrogen-bond acceptors (Lipinski definition) is 3. The lowest BCUT2D eigenvalue weighted by Gasteiger charge is -1.78. The summed E-state index contributed by atoms with van der Waals surface area (Å²) in [5.41, 5.74) is 0. The zero-order valence-corrected chi connectivity index (χ0v) is 5.47. The van der Waals surface area contributed by atoms with Crippen LogP contribution in [0, 0.1) is 6.92 Å². The van der Waals surface area contributed by atoms with Gasteiger partial charge in [-0.1, -0.05) is 0 Å². The van der Waals surface area contributed by atoms with E-state index in [-0.39, 0.29) is 5.89 Å². The highest BCUT2D eigenvalue weighted by Crippen LogP contribution is 2.03. The largest absolute Gasteiger partial charge is 0.438 e. The molecule has 4 heteroatoms. The molecule has 1 heterocycles. The van der Waals surface area contributed by atoms with Gasteiger partial charge < -0.3 is 4.42 Å². The number of hydrogen-bond donors (Lipinski definition) is 0. The standard InChI is InChI=1S/C5H4ClNO2/c1-3-2-7-5(9-3)4(6)8/h2H,1H3. The van der Waals surface area contributed by atoms with Crippen molar-refractivity contribution >= 4 is 16.8 Å². The van der Waals surface area contributed by atoms with Gasteiger partial charge in [-0.05, 0) is 18.5 Å². The van der Waals surface area contributed by atoms with Crippen LogP contribution in [0.1, 0.15) is 16.4 Å². The fourth-order valence-corrected chi connectivity index (χ4v) is 0.533. The monoisotopic (exact) mass is 145 g/mol. The molecule has 48 valence electrons. The summed E-state index contributed by atoms with van der Waals surface area (Å²) in [4.78, 5) is 13.8. The number of aryl methyl sites for hydroxylation is 1. The molecule has 0 saturated heterocycles. The highest BCUT2D eigenvalue weighted by Gasteiger charge is 2.06. The number of carbonyl (C=O) groups excluding carboxylic acids is 1. The highest BCUT2D eigenvalue weighted by molar-refractivity contribution is 6.67. The average Bonchev–Trinajstić information content (AvgIpc) is 2.14. The Morgan fingerprint density at radius 2 is 2.56 bits per heavy atom. The van der Waals surface area contributed by atoms with E-state index in [0.29, 0.717) is 5.76 Å². The smallest absolute Gasteiger partial charge is 0.307 e. The Morgan fingerprint density at radius 3 is 2.78 bits per heavy atom. The average molecular weight is 146 g/mol. The van der Waals surface area contributed by atoms with Gasteiger partial charge in [-0.2, -0.15) is 0 Å². The predicted octanol–water partition coefficient (Wildman–Crippen LogP) is 1.36. The van der Waals surface area contributed by atoms with Crippen LogP contribution in [0.15, 0.2) is 10.6 Å². The number of oxazole rings is 1. The number of carbonyl (C=O) groups is 1. The normalized spacial score (nSPS) is 9.56. The Morgan fingerprint density at radius 1 is 1.89 bits per heavy atom. The summed E-state index contributed by atoms with van der Waals surface area (Å²) < 4.78 is 4.75. The fourth-order valence-electron chi connectivity index (χ4n) is 0.446. The molecule has 0 saturated carbocycles. The molecule has 9 heavy (non-hydrogen) atoms. The molecule has 0 aliphatic rings. The van der Waals surface area contributed by atoms with Crippen molar-refractivity contribution in [2.45, 2.75) is 6.92 Å². The molecular weight excluding hydrogens is 142 g/mol. The van der Waals surface area contributed by atoms with Crippen LogP contribution < -0.4 is 0 Å². The lowest BCUT2D eigenvalue weighted by atomic mass is 10.6. The number of halogens is 1. The Hall–Kier alpha value is -0.830. The first kappa shape index (κ1) is 6.29. The van der Waals surface area contributed by atoms with Crippen molar-refractivity contribution < 1.29 is 9.21 Å². The van der Waals surface area contributed by atoms with Gasteiger partial charge >= 0.3 is 5.24 Å². The first-order valence-electron chi connectivity index (χ1n) is 2.32. The fraction of sp³-hybridized carbons (Fsp3) is 0.200. The molecule has 0 unspecified atom stereocenters. The van der Waals surface area contributed by atoms with E-state index < -0.39 is 5.24 Å². The van der Waals surface area contributed by atoms with E-state index in [2.05, 4.69) is 4.98 Å². The lowest BCUT2D eigenvalue weighted by Crippen LogP contribution is -1.85. The van der Waals surface area contributed by atoms with Crippen molar-refractivity contribution in [1.82, 2.24) is 4.98 Å². The minimum Gasteiger partial charge on any atom is -0.438 e. The molecular formula is C5H4ClNO2. The third kappa shape index (κ3) is 1.29. The third-order valence-corrected chi connectivity index (χ3v) is 0.951. The Bertz CT molecular complexity index is 231. The van der Waals surface area contributed by atoms with E-state index in [1.165, 1.54) is 6.20 Å². The maximum absolute atomic E-state index is 10.3. The number of nitrogens with zero attached hydrogens (tertiary/aromatic N) is 1. The second-order valence-corrected chi connectivity index (χ2v) is 1.89. The first-order chi connectivity index (χ1) is 4.20. The summed E-state index contributed by atoms with van der Waals surface area (Å²) in [5.74, 6) is 0.535. The Kier molecular flexibility index (Phi) is 1.53. The topological polar surface area (TPSA) is 43.1 Å². The molecule has 0 bridgehead atoms. The third-order valence-electron chi connectivity index (χ3n) is 0.789. The summed E-state index contributed by atoms with van der Waals surface area (Å²) in [6, 6.07) is 0. The van der Waals surface area contributed by atoms with Crippen molar-refractivity contribution in [2.75, 3.05) is 0 Å². The van der Waals surface area contributed by atoms with Crippen LogP contribution in [0.4, 0.5) is 0 Å². The molecule has 0 radical (unpaired) electrons. The Labute approximate surface area is 56.6 Å². The van der Waals surface area contributed by atoms with E-state index in [1.807, 2.05) is 0 Å². The van der Waals surface area contributed by atoms with E-state index in [9.17, 15) is 4.79 Å². The molecule has 0 aromatic carbocycles. The molecule has 0 fully saturated rings. The van der Waals surface area contributed by atoms with Crippen LogP contribution in [0.2, 0.25) is 0 Å². The van der Waals surface area contributed by atoms with Gasteiger partial charge in [-0.25, -0.2) is 4.98 Å². The molecule has 0 N–H and O–H groups in total. The van der Waals surface area contributed by atoms with Gasteiger partial charge in [-0.15, -0.1) is 0 Å². The molecule has 1 aromatic heterocycles. The molecule has 0 amide bonds. The van der Waals surface area contributed by atoms with E-state index >= 15 is 0 Å². The van der Waals surface area contributed by atoms with Crippen molar-refractivity contribution in [3.8, 4) is 0 Å². The Balaban J connectivity index is 2.98. The summed E-state index contributed by atoms with van der Waals surface area (Å²) in [6.45, 7) is 1.69. The van der Waals surface area contributed by atoms with Crippen molar-refractivity contribution in [3.05, 3.63) is 17.8 Å². The van der Waals surface area contributed by atoms with E-state index in [4.69, 9.17) is 16.0 Å². The van der Waals surface area contributed by atoms with E-state index in [0.717, 1.165) is 0 Å². The summed E-state index contributed by atoms with van der Waals surface area (Å²) in [7, 11) is 0. The van der Waals surface area contributed by atoms with Crippen LogP contribution >= 0.6 is 11.6 Å². The van der Waals surface area contributed by atoms with Crippen LogP contribution in [-0.4, -0.2) is 10.2 Å². The summed E-state index contributed by atoms with van der Waals surface area (Å²) >= 11 is 5.02. The highest BCUT2D eigenvalue weighted by atomic mass is 35.5. The van der Waals surface area contributed by atoms with Crippen molar-refractivity contribution in [2.24, 2.45) is 0 Å². The molecule has 0 spiro atoms. The van der Waals surface area contributed by atoms with Gasteiger partial charge in [0.2, 0.25) is 0 Å². The summed E-state index contributed by atoms with van der Waals surface area (Å²) in [6.07, 6.45) is 1.44. The van der Waals surface area contributed by atoms with Crippen LogP contribution in [0.25, 0.3) is 0 Å².